The topological polar surface area (TPSA) is 29.5 Å². The van der Waals surface area contributed by atoms with Gasteiger partial charge in [-0.3, -0.25) is 4.79 Å². The summed E-state index contributed by atoms with van der Waals surface area (Å²) >= 11 is 0. The van der Waals surface area contributed by atoms with Crippen LogP contribution in [0.5, 0.6) is 0 Å². The van der Waals surface area contributed by atoms with Crippen LogP contribution in [-0.4, -0.2) is 30.2 Å². The number of carbonyl (C=O) groups is 1. The largest absolute Gasteiger partial charge is 0.356 e. The van der Waals surface area contributed by atoms with Gasteiger partial charge in [0.25, 0.3) is 0 Å². The molecular weight excluding hydrogens is 274 g/mol. The van der Waals surface area contributed by atoms with E-state index in [0.717, 1.165) is 12.8 Å². The van der Waals surface area contributed by atoms with E-state index in [1.54, 1.807) is 0 Å². The molecule has 3 nitrogen and oxygen atoms in total. The maximum atomic E-state index is 12.0. The molecule has 1 aliphatic rings. The van der Waals surface area contributed by atoms with Gasteiger partial charge in [-0.15, -0.1) is 5.73 Å². The summed E-state index contributed by atoms with van der Waals surface area (Å²) in [5.74, 6) is 0.160. The number of ether oxygens (including phenoxy) is 1. The molecule has 0 saturated carbocycles. The second kappa shape index (κ2) is 8.36. The van der Waals surface area contributed by atoms with Crippen molar-refractivity contribution in [3.8, 4) is 0 Å². The van der Waals surface area contributed by atoms with Crippen LogP contribution in [0.15, 0.2) is 29.0 Å². The summed E-state index contributed by atoms with van der Waals surface area (Å²) in [5.41, 5.74) is 5.74. The number of nitrogens with zero attached hydrogens (tertiary/aromatic N) is 1. The lowest BCUT2D eigenvalue weighted by molar-refractivity contribution is -0.140. The Bertz CT molecular complexity index is 478. The van der Waals surface area contributed by atoms with Crippen molar-refractivity contribution in [1.29, 1.82) is 0 Å². The second-order valence-electron chi connectivity index (χ2n) is 6.87. The van der Waals surface area contributed by atoms with Gasteiger partial charge in [0.05, 0.1) is 6.61 Å². The first-order valence-electron chi connectivity index (χ1n) is 8.25. The minimum Gasteiger partial charge on any atom is -0.356 e. The summed E-state index contributed by atoms with van der Waals surface area (Å²) in [4.78, 5) is 13.9. The zero-order valence-corrected chi connectivity index (χ0v) is 15.0. The Morgan fingerprint density at radius 1 is 1.36 bits per heavy atom. The van der Waals surface area contributed by atoms with Gasteiger partial charge in [-0.2, -0.15) is 0 Å². The molecular formula is C19H31NO2. The molecule has 0 N–H and O–H groups in total. The third-order valence-electron chi connectivity index (χ3n) is 3.91. The Hall–Kier alpha value is -1.31. The van der Waals surface area contributed by atoms with Crippen molar-refractivity contribution in [1.82, 2.24) is 4.90 Å². The molecule has 1 atom stereocenters. The van der Waals surface area contributed by atoms with Gasteiger partial charge >= 0.3 is 0 Å². The van der Waals surface area contributed by atoms with E-state index in [-0.39, 0.29) is 17.6 Å². The van der Waals surface area contributed by atoms with Gasteiger partial charge in [-0.1, -0.05) is 32.4 Å². The fourth-order valence-electron chi connectivity index (χ4n) is 2.57. The van der Waals surface area contributed by atoms with Crippen molar-refractivity contribution < 1.29 is 9.53 Å². The summed E-state index contributed by atoms with van der Waals surface area (Å²) in [6.07, 6.45) is 6.72. The van der Waals surface area contributed by atoms with Crippen molar-refractivity contribution in [3.63, 3.8) is 0 Å². The van der Waals surface area contributed by atoms with Crippen LogP contribution < -0.4 is 0 Å². The lowest BCUT2D eigenvalue weighted by Crippen LogP contribution is -2.44. The zero-order valence-electron chi connectivity index (χ0n) is 15.0. The molecule has 0 aromatic rings. The molecule has 1 aliphatic heterocycles. The Balaban J connectivity index is 2.78. The molecule has 0 spiro atoms. The maximum Gasteiger partial charge on any atom is 0.224 e. The number of amides is 1. The molecule has 1 heterocycles. The van der Waals surface area contributed by atoms with E-state index in [2.05, 4.69) is 52.5 Å². The number of carbonyl (C=O) groups excluding carboxylic acids is 1. The number of allylic oxidation sites excluding steroid dienone is 2. The summed E-state index contributed by atoms with van der Waals surface area (Å²) < 4.78 is 5.81. The predicted octanol–water partition coefficient (Wildman–Crippen LogP) is 4.46. The van der Waals surface area contributed by atoms with Crippen molar-refractivity contribution in [2.45, 2.75) is 67.0 Å². The van der Waals surface area contributed by atoms with E-state index < -0.39 is 0 Å². The highest BCUT2D eigenvalue weighted by molar-refractivity contribution is 5.76. The van der Waals surface area contributed by atoms with Gasteiger partial charge in [-0.25, -0.2) is 0 Å². The molecule has 0 bridgehead atoms. The molecule has 22 heavy (non-hydrogen) atoms. The van der Waals surface area contributed by atoms with Gasteiger partial charge < -0.3 is 9.64 Å². The normalized spacial score (nSPS) is 17.9. The highest BCUT2D eigenvalue weighted by Gasteiger charge is 2.39. The first-order chi connectivity index (χ1) is 10.3. The lowest BCUT2D eigenvalue weighted by atomic mass is 9.89. The molecule has 1 fully saturated rings. The molecule has 0 aromatic carbocycles. The van der Waals surface area contributed by atoms with Gasteiger partial charge in [-0.05, 0) is 45.3 Å². The van der Waals surface area contributed by atoms with Crippen LogP contribution in [-0.2, 0) is 9.53 Å². The Morgan fingerprint density at radius 3 is 2.64 bits per heavy atom. The summed E-state index contributed by atoms with van der Waals surface area (Å²) in [7, 11) is 0. The first-order valence-corrected chi connectivity index (χ1v) is 8.25. The van der Waals surface area contributed by atoms with E-state index >= 15 is 0 Å². The quantitative estimate of drug-likeness (QED) is 0.536. The van der Waals surface area contributed by atoms with Crippen LogP contribution in [0.4, 0.5) is 0 Å². The van der Waals surface area contributed by atoms with E-state index in [1.165, 1.54) is 11.1 Å². The number of rotatable bonds is 6. The highest BCUT2D eigenvalue weighted by Crippen LogP contribution is 2.31. The summed E-state index contributed by atoms with van der Waals surface area (Å²) in [5, 5.41) is 0. The molecule has 124 valence electrons. The highest BCUT2D eigenvalue weighted by atomic mass is 16.5. The smallest absolute Gasteiger partial charge is 0.224 e. The predicted molar refractivity (Wildman–Crippen MR) is 91.5 cm³/mol. The number of hydrogen-bond acceptors (Lipinski definition) is 2. The van der Waals surface area contributed by atoms with Gasteiger partial charge in [0.1, 0.15) is 6.23 Å². The van der Waals surface area contributed by atoms with Crippen molar-refractivity contribution in [2.75, 3.05) is 13.2 Å². The summed E-state index contributed by atoms with van der Waals surface area (Å²) in [6, 6.07) is 0. The van der Waals surface area contributed by atoms with Crippen LogP contribution in [0.1, 0.15) is 60.8 Å². The fourth-order valence-corrected chi connectivity index (χ4v) is 2.57. The van der Waals surface area contributed by atoms with E-state index in [0.29, 0.717) is 19.6 Å². The standard InChI is InChI=1S/C19H31NO2/c1-7-17(21)20-13-14-22-18(20)19(5,6)12-11-16(4)10-8-9-15(2)3/h9,12,18H,7-8,10,13-14H2,1-6H3. The van der Waals surface area contributed by atoms with Crippen LogP contribution >= 0.6 is 0 Å². The van der Waals surface area contributed by atoms with E-state index in [1.807, 2.05) is 11.8 Å². The molecule has 0 aliphatic carbocycles. The minimum absolute atomic E-state index is 0.160. The van der Waals surface area contributed by atoms with E-state index in [4.69, 9.17) is 4.74 Å². The lowest BCUT2D eigenvalue weighted by Gasteiger charge is -2.33. The zero-order chi connectivity index (χ0) is 16.8. The van der Waals surface area contributed by atoms with Crippen LogP contribution in [0.2, 0.25) is 0 Å². The van der Waals surface area contributed by atoms with E-state index in [9.17, 15) is 4.79 Å². The van der Waals surface area contributed by atoms with Gasteiger partial charge in [0.15, 0.2) is 0 Å². The minimum atomic E-state index is -0.237. The molecule has 0 radical (unpaired) electrons. The van der Waals surface area contributed by atoms with Crippen LogP contribution in [0.3, 0.4) is 0 Å². The summed E-state index contributed by atoms with van der Waals surface area (Å²) in [6.45, 7) is 13.8. The second-order valence-corrected chi connectivity index (χ2v) is 6.87. The van der Waals surface area contributed by atoms with Crippen molar-refractivity contribution in [3.05, 3.63) is 29.0 Å². The third kappa shape index (κ3) is 5.47. The van der Waals surface area contributed by atoms with Gasteiger partial charge in [0, 0.05) is 18.4 Å². The molecule has 1 rings (SSSR count). The monoisotopic (exact) mass is 305 g/mol. The molecule has 1 amide bonds. The average Bonchev–Trinajstić information content (AvgIpc) is 2.94. The SMILES string of the molecule is CCC(=O)N1CCOC1C(C)(C)C=C=C(C)CCC=C(C)C. The Kier molecular flexibility index (Phi) is 7.12. The average molecular weight is 305 g/mol. The molecule has 1 saturated heterocycles. The fraction of sp³-hybridized carbons (Fsp3) is 0.684. The Morgan fingerprint density at radius 2 is 2.05 bits per heavy atom. The van der Waals surface area contributed by atoms with Crippen LogP contribution in [0, 0.1) is 5.41 Å². The van der Waals surface area contributed by atoms with Crippen molar-refractivity contribution >= 4 is 5.91 Å². The molecule has 3 heteroatoms. The Labute approximate surface area is 135 Å². The number of hydrogen-bond donors (Lipinski definition) is 0. The molecule has 1 unspecified atom stereocenters. The molecule has 0 aromatic heterocycles. The third-order valence-corrected chi connectivity index (χ3v) is 3.91. The first kappa shape index (κ1) is 18.7. The van der Waals surface area contributed by atoms with Crippen molar-refractivity contribution in [2.24, 2.45) is 5.41 Å². The maximum absolute atomic E-state index is 12.0. The van der Waals surface area contributed by atoms with Gasteiger partial charge in [0.2, 0.25) is 5.91 Å². The van der Waals surface area contributed by atoms with Crippen LogP contribution in [0.25, 0.3) is 0 Å².